The number of H-pyrrole nitrogens is 1. The van der Waals surface area contributed by atoms with Gasteiger partial charge in [0.1, 0.15) is 11.5 Å². The predicted molar refractivity (Wildman–Crippen MR) is 54.3 cm³/mol. The molecule has 0 saturated carbocycles. The molecule has 2 aromatic rings. The van der Waals surface area contributed by atoms with Gasteiger partial charge in [-0.2, -0.15) is 0 Å². The van der Waals surface area contributed by atoms with E-state index in [9.17, 15) is 9.18 Å². The van der Waals surface area contributed by atoms with E-state index in [2.05, 4.69) is 9.72 Å². The Morgan fingerprint density at radius 2 is 2.20 bits per heavy atom. The number of fused-ring (bicyclic) bond motifs is 1. The molecule has 0 bridgehead atoms. The maximum absolute atomic E-state index is 13.2. The molecule has 0 aliphatic heterocycles. The average molecular weight is 207 g/mol. The first-order valence-corrected chi connectivity index (χ1v) is 4.49. The van der Waals surface area contributed by atoms with E-state index < -0.39 is 5.97 Å². The Labute approximate surface area is 85.9 Å². The van der Waals surface area contributed by atoms with Crippen molar-refractivity contribution in [2.45, 2.75) is 6.92 Å². The lowest BCUT2D eigenvalue weighted by molar-refractivity contribution is 0.0595. The summed E-state index contributed by atoms with van der Waals surface area (Å²) in [5.41, 5.74) is 1.59. The third kappa shape index (κ3) is 1.48. The summed E-state index contributed by atoms with van der Waals surface area (Å²) < 4.78 is 17.8. The molecule has 1 N–H and O–H groups in total. The summed E-state index contributed by atoms with van der Waals surface area (Å²) in [6.07, 6.45) is 0. The normalized spacial score (nSPS) is 10.6. The van der Waals surface area contributed by atoms with Gasteiger partial charge in [-0.1, -0.05) is 0 Å². The molecule has 0 aliphatic rings. The molecule has 0 fully saturated rings. The SMILES string of the molecule is COC(=O)c1cc2c(C)c(F)ccc2[nH]1. The fourth-order valence-corrected chi connectivity index (χ4v) is 1.54. The molecule has 0 amide bonds. The summed E-state index contributed by atoms with van der Waals surface area (Å²) in [5, 5.41) is 0.704. The van der Waals surface area contributed by atoms with Crippen LogP contribution in [-0.4, -0.2) is 18.1 Å². The zero-order valence-corrected chi connectivity index (χ0v) is 8.43. The fraction of sp³-hybridized carbons (Fsp3) is 0.182. The number of nitrogens with one attached hydrogen (secondary N) is 1. The number of ether oxygens (including phenoxy) is 1. The summed E-state index contributed by atoms with van der Waals surface area (Å²) in [7, 11) is 1.31. The van der Waals surface area contributed by atoms with Gasteiger partial charge in [0.05, 0.1) is 7.11 Å². The molecule has 0 radical (unpaired) electrons. The highest BCUT2D eigenvalue weighted by atomic mass is 19.1. The zero-order chi connectivity index (χ0) is 11.0. The van der Waals surface area contributed by atoms with Crippen LogP contribution >= 0.6 is 0 Å². The molecule has 1 aromatic carbocycles. The maximum atomic E-state index is 13.2. The topological polar surface area (TPSA) is 42.1 Å². The molecule has 0 spiro atoms. The van der Waals surface area contributed by atoms with Crippen molar-refractivity contribution in [1.29, 1.82) is 0 Å². The molecule has 0 atom stereocenters. The first-order chi connectivity index (χ1) is 7.13. The van der Waals surface area contributed by atoms with E-state index >= 15 is 0 Å². The number of hydrogen-bond donors (Lipinski definition) is 1. The standard InChI is InChI=1S/C11H10FNO2/c1-6-7-5-10(11(14)15-2)13-9(7)4-3-8(6)12/h3-5,13H,1-2H3. The van der Waals surface area contributed by atoms with Gasteiger partial charge in [0.15, 0.2) is 0 Å². The quantitative estimate of drug-likeness (QED) is 0.729. The minimum atomic E-state index is -0.453. The Morgan fingerprint density at radius 1 is 1.47 bits per heavy atom. The zero-order valence-electron chi connectivity index (χ0n) is 8.43. The number of carbonyl (C=O) groups excluding carboxylic acids is 1. The molecule has 3 nitrogen and oxygen atoms in total. The van der Waals surface area contributed by atoms with E-state index in [0.717, 1.165) is 5.52 Å². The van der Waals surface area contributed by atoms with Crippen LogP contribution in [0.1, 0.15) is 16.1 Å². The summed E-state index contributed by atoms with van der Waals surface area (Å²) >= 11 is 0. The smallest absolute Gasteiger partial charge is 0.354 e. The molecule has 4 heteroatoms. The van der Waals surface area contributed by atoms with Gasteiger partial charge < -0.3 is 9.72 Å². The van der Waals surface area contributed by atoms with Gasteiger partial charge in [-0.25, -0.2) is 9.18 Å². The van der Waals surface area contributed by atoms with Crippen LogP contribution < -0.4 is 0 Å². The van der Waals surface area contributed by atoms with Crippen molar-refractivity contribution in [3.05, 3.63) is 35.3 Å². The molecular weight excluding hydrogens is 197 g/mol. The highest BCUT2D eigenvalue weighted by molar-refractivity contribution is 5.95. The second kappa shape index (κ2) is 3.38. The van der Waals surface area contributed by atoms with E-state index in [1.165, 1.54) is 13.2 Å². The van der Waals surface area contributed by atoms with E-state index in [4.69, 9.17) is 0 Å². The largest absolute Gasteiger partial charge is 0.464 e. The van der Waals surface area contributed by atoms with Crippen molar-refractivity contribution in [3.63, 3.8) is 0 Å². The Hall–Kier alpha value is -1.84. The number of aromatic amines is 1. The number of carbonyl (C=O) groups is 1. The van der Waals surface area contributed by atoms with Crippen molar-refractivity contribution in [3.8, 4) is 0 Å². The number of halogens is 1. The molecular formula is C11H10FNO2. The van der Waals surface area contributed by atoms with E-state index in [-0.39, 0.29) is 5.82 Å². The van der Waals surface area contributed by atoms with Crippen molar-refractivity contribution >= 4 is 16.9 Å². The monoisotopic (exact) mass is 207 g/mol. The second-order valence-electron chi connectivity index (χ2n) is 3.31. The number of esters is 1. The molecule has 15 heavy (non-hydrogen) atoms. The molecule has 2 rings (SSSR count). The van der Waals surface area contributed by atoms with Crippen LogP contribution in [0, 0.1) is 12.7 Å². The van der Waals surface area contributed by atoms with Crippen LogP contribution in [0.5, 0.6) is 0 Å². The fourth-order valence-electron chi connectivity index (χ4n) is 1.54. The lowest BCUT2D eigenvalue weighted by Gasteiger charge is -1.96. The number of aryl methyl sites for hydroxylation is 1. The van der Waals surface area contributed by atoms with Crippen molar-refractivity contribution in [2.24, 2.45) is 0 Å². The van der Waals surface area contributed by atoms with Gasteiger partial charge >= 0.3 is 5.97 Å². The van der Waals surface area contributed by atoms with Gasteiger partial charge in [-0.05, 0) is 30.7 Å². The Balaban J connectivity index is 2.66. The first kappa shape index (κ1) is 9.71. The van der Waals surface area contributed by atoms with Crippen molar-refractivity contribution in [2.75, 3.05) is 7.11 Å². The van der Waals surface area contributed by atoms with E-state index in [1.807, 2.05) is 0 Å². The van der Waals surface area contributed by atoms with Crippen LogP contribution in [0.4, 0.5) is 4.39 Å². The minimum Gasteiger partial charge on any atom is -0.464 e. The number of benzene rings is 1. The van der Waals surface area contributed by atoms with Gasteiger partial charge in [-0.3, -0.25) is 0 Å². The molecule has 0 unspecified atom stereocenters. The molecule has 1 aromatic heterocycles. The third-order valence-corrected chi connectivity index (χ3v) is 2.41. The predicted octanol–water partition coefficient (Wildman–Crippen LogP) is 2.40. The summed E-state index contributed by atoms with van der Waals surface area (Å²) in [6, 6.07) is 4.57. The average Bonchev–Trinajstić information content (AvgIpc) is 2.67. The van der Waals surface area contributed by atoms with Crippen LogP contribution in [-0.2, 0) is 4.74 Å². The Bertz CT molecular complexity index is 531. The Morgan fingerprint density at radius 3 is 2.87 bits per heavy atom. The van der Waals surface area contributed by atoms with E-state index in [1.54, 1.807) is 19.1 Å². The first-order valence-electron chi connectivity index (χ1n) is 4.49. The maximum Gasteiger partial charge on any atom is 0.354 e. The van der Waals surface area contributed by atoms with Crippen LogP contribution in [0.25, 0.3) is 10.9 Å². The van der Waals surface area contributed by atoms with Crippen LogP contribution in [0.3, 0.4) is 0 Å². The summed E-state index contributed by atoms with van der Waals surface area (Å²) in [5.74, 6) is -0.732. The summed E-state index contributed by atoms with van der Waals surface area (Å²) in [4.78, 5) is 14.1. The van der Waals surface area contributed by atoms with E-state index in [0.29, 0.717) is 16.6 Å². The molecule has 0 aliphatic carbocycles. The van der Waals surface area contributed by atoms with Crippen molar-refractivity contribution in [1.82, 2.24) is 4.98 Å². The molecule has 0 saturated heterocycles. The number of aromatic nitrogens is 1. The van der Waals surface area contributed by atoms with Gasteiger partial charge in [0.2, 0.25) is 0 Å². The second-order valence-corrected chi connectivity index (χ2v) is 3.31. The highest BCUT2D eigenvalue weighted by Crippen LogP contribution is 2.22. The number of methoxy groups -OCH3 is 1. The highest BCUT2D eigenvalue weighted by Gasteiger charge is 2.11. The van der Waals surface area contributed by atoms with Crippen LogP contribution in [0.2, 0.25) is 0 Å². The molecule has 78 valence electrons. The third-order valence-electron chi connectivity index (χ3n) is 2.41. The minimum absolute atomic E-state index is 0.280. The van der Waals surface area contributed by atoms with Crippen LogP contribution in [0.15, 0.2) is 18.2 Å². The Kier molecular flexibility index (Phi) is 2.19. The van der Waals surface area contributed by atoms with Gasteiger partial charge in [0, 0.05) is 10.9 Å². The lowest BCUT2D eigenvalue weighted by atomic mass is 10.1. The number of rotatable bonds is 1. The van der Waals surface area contributed by atoms with Gasteiger partial charge in [-0.15, -0.1) is 0 Å². The van der Waals surface area contributed by atoms with Crippen molar-refractivity contribution < 1.29 is 13.9 Å². The molecule has 1 heterocycles. The van der Waals surface area contributed by atoms with Gasteiger partial charge in [0.25, 0.3) is 0 Å². The summed E-state index contributed by atoms with van der Waals surface area (Å²) in [6.45, 7) is 1.67. The number of hydrogen-bond acceptors (Lipinski definition) is 2. The lowest BCUT2D eigenvalue weighted by Crippen LogP contribution is -2.00.